The summed E-state index contributed by atoms with van der Waals surface area (Å²) in [6, 6.07) is 12.8. The maximum absolute atomic E-state index is 12.7. The summed E-state index contributed by atoms with van der Waals surface area (Å²) in [4.78, 5) is 27.9. The molecule has 114 valence electrons. The van der Waals surface area contributed by atoms with Crippen LogP contribution in [0.3, 0.4) is 0 Å². The Bertz CT molecular complexity index is 693. The quantitative estimate of drug-likeness (QED) is 0.894. The van der Waals surface area contributed by atoms with Gasteiger partial charge < -0.3 is 9.80 Å². The van der Waals surface area contributed by atoms with E-state index in [1.807, 2.05) is 35.2 Å². The second-order valence-corrected chi connectivity index (χ2v) is 5.49. The first-order valence-corrected chi connectivity index (χ1v) is 7.25. The van der Waals surface area contributed by atoms with E-state index in [0.717, 1.165) is 18.7 Å². The molecule has 1 amide bonds. The molecule has 3 rings (SSSR count). The van der Waals surface area contributed by atoms with E-state index < -0.39 is 0 Å². The molecule has 1 N–H and O–H groups in total. The molecule has 1 aliphatic rings. The first kappa shape index (κ1) is 14.5. The lowest BCUT2D eigenvalue weighted by Crippen LogP contribution is -2.49. The number of nitrogens with one attached hydrogen (secondary N) is 1. The van der Waals surface area contributed by atoms with E-state index in [1.165, 1.54) is 12.1 Å². The van der Waals surface area contributed by atoms with E-state index in [0.29, 0.717) is 6.54 Å². The van der Waals surface area contributed by atoms with Crippen molar-refractivity contribution in [3.63, 3.8) is 0 Å². The zero-order valence-electron chi connectivity index (χ0n) is 12.4. The van der Waals surface area contributed by atoms with E-state index in [1.54, 1.807) is 0 Å². The average molecular weight is 298 g/mol. The van der Waals surface area contributed by atoms with Gasteiger partial charge in [-0.15, -0.1) is 0 Å². The number of likely N-dealkylation sites (N-methyl/N-ethyl adjacent to an activating group) is 1. The van der Waals surface area contributed by atoms with Crippen LogP contribution in [0.5, 0.6) is 0 Å². The van der Waals surface area contributed by atoms with Gasteiger partial charge in [-0.05, 0) is 18.7 Å². The van der Waals surface area contributed by atoms with Gasteiger partial charge in [-0.3, -0.25) is 9.59 Å². The number of amides is 1. The first-order valence-electron chi connectivity index (χ1n) is 7.25. The molecule has 0 saturated carbocycles. The van der Waals surface area contributed by atoms with Crippen molar-refractivity contribution in [2.45, 2.75) is 6.04 Å². The summed E-state index contributed by atoms with van der Waals surface area (Å²) in [5, 5.41) is 6.18. The van der Waals surface area contributed by atoms with E-state index in [4.69, 9.17) is 0 Å². The first-order chi connectivity index (χ1) is 10.6. The van der Waals surface area contributed by atoms with Crippen LogP contribution in [0.2, 0.25) is 0 Å². The Morgan fingerprint density at radius 2 is 1.95 bits per heavy atom. The maximum Gasteiger partial charge on any atom is 0.274 e. The van der Waals surface area contributed by atoms with Gasteiger partial charge in [0.2, 0.25) is 0 Å². The van der Waals surface area contributed by atoms with Crippen LogP contribution in [0.15, 0.2) is 47.3 Å². The van der Waals surface area contributed by atoms with Crippen molar-refractivity contribution in [3.8, 4) is 0 Å². The topological polar surface area (TPSA) is 69.3 Å². The van der Waals surface area contributed by atoms with Crippen molar-refractivity contribution in [1.82, 2.24) is 20.0 Å². The monoisotopic (exact) mass is 298 g/mol. The number of rotatable bonds is 2. The van der Waals surface area contributed by atoms with Crippen LogP contribution < -0.4 is 5.56 Å². The van der Waals surface area contributed by atoms with Gasteiger partial charge in [-0.2, -0.15) is 5.10 Å². The molecule has 1 saturated heterocycles. The fraction of sp³-hybridized carbons (Fsp3) is 0.312. The number of H-pyrrole nitrogens is 1. The molecule has 0 radical (unpaired) electrons. The number of aromatic amines is 1. The van der Waals surface area contributed by atoms with Crippen LogP contribution in [-0.4, -0.2) is 52.6 Å². The van der Waals surface area contributed by atoms with Gasteiger partial charge in [0.05, 0.1) is 6.04 Å². The van der Waals surface area contributed by atoms with E-state index >= 15 is 0 Å². The number of aromatic nitrogens is 2. The lowest BCUT2D eigenvalue weighted by atomic mass is 10.0. The van der Waals surface area contributed by atoms with Gasteiger partial charge in [-0.1, -0.05) is 30.3 Å². The van der Waals surface area contributed by atoms with Crippen molar-refractivity contribution in [1.29, 1.82) is 0 Å². The third-order valence-electron chi connectivity index (χ3n) is 3.93. The normalized spacial score (nSPS) is 19.1. The predicted octanol–water partition coefficient (Wildman–Crippen LogP) is 0.899. The molecule has 1 atom stereocenters. The summed E-state index contributed by atoms with van der Waals surface area (Å²) in [6.07, 6.45) is 0. The number of hydrogen-bond donors (Lipinski definition) is 1. The van der Waals surface area contributed by atoms with Gasteiger partial charge in [0.25, 0.3) is 11.5 Å². The van der Waals surface area contributed by atoms with Crippen molar-refractivity contribution in [3.05, 3.63) is 64.1 Å². The molecular weight excluding hydrogens is 280 g/mol. The van der Waals surface area contributed by atoms with Gasteiger partial charge in [0.15, 0.2) is 0 Å². The Hall–Kier alpha value is -2.47. The average Bonchev–Trinajstić information content (AvgIpc) is 2.56. The van der Waals surface area contributed by atoms with Gasteiger partial charge in [-0.25, -0.2) is 5.10 Å². The molecule has 6 nitrogen and oxygen atoms in total. The Morgan fingerprint density at radius 3 is 2.64 bits per heavy atom. The van der Waals surface area contributed by atoms with Crippen LogP contribution in [0.1, 0.15) is 22.1 Å². The molecule has 22 heavy (non-hydrogen) atoms. The molecule has 0 aliphatic carbocycles. The van der Waals surface area contributed by atoms with E-state index in [-0.39, 0.29) is 23.2 Å². The third-order valence-corrected chi connectivity index (χ3v) is 3.93. The lowest BCUT2D eigenvalue weighted by molar-refractivity contribution is 0.0491. The molecule has 1 fully saturated rings. The standard InChI is InChI=1S/C16H18N4O2/c1-19-9-10-20(14(11-19)12-5-3-2-4-6-12)16(22)13-7-8-15(21)18-17-13/h2-8,14H,9-11H2,1H3,(H,18,21). The Morgan fingerprint density at radius 1 is 1.18 bits per heavy atom. The molecule has 1 aromatic heterocycles. The summed E-state index contributed by atoms with van der Waals surface area (Å²) in [5.74, 6) is -0.154. The van der Waals surface area contributed by atoms with Crippen LogP contribution in [-0.2, 0) is 0 Å². The largest absolute Gasteiger partial charge is 0.328 e. The highest BCUT2D eigenvalue weighted by Gasteiger charge is 2.31. The van der Waals surface area contributed by atoms with Gasteiger partial charge in [0.1, 0.15) is 5.69 Å². The molecule has 2 heterocycles. The number of hydrogen-bond acceptors (Lipinski definition) is 4. The summed E-state index contributed by atoms with van der Waals surface area (Å²) in [7, 11) is 2.05. The molecule has 1 aliphatic heterocycles. The second-order valence-electron chi connectivity index (χ2n) is 5.49. The predicted molar refractivity (Wildman–Crippen MR) is 82.6 cm³/mol. The minimum Gasteiger partial charge on any atom is -0.328 e. The molecular formula is C16H18N4O2. The number of carbonyl (C=O) groups is 1. The molecule has 0 bridgehead atoms. The number of carbonyl (C=O) groups excluding carboxylic acids is 1. The number of piperazine rings is 1. The Labute approximate surface area is 128 Å². The van der Waals surface area contributed by atoms with E-state index in [9.17, 15) is 9.59 Å². The van der Waals surface area contributed by atoms with Crippen LogP contribution in [0.25, 0.3) is 0 Å². The minimum absolute atomic E-state index is 0.0128. The molecule has 6 heteroatoms. The highest BCUT2D eigenvalue weighted by molar-refractivity contribution is 5.92. The van der Waals surface area contributed by atoms with Crippen LogP contribution in [0.4, 0.5) is 0 Å². The zero-order valence-corrected chi connectivity index (χ0v) is 12.4. The Balaban J connectivity index is 1.90. The summed E-state index contributed by atoms with van der Waals surface area (Å²) < 4.78 is 0. The van der Waals surface area contributed by atoms with Crippen molar-refractivity contribution in [2.75, 3.05) is 26.7 Å². The summed E-state index contributed by atoms with van der Waals surface area (Å²) in [5.41, 5.74) is 1.06. The number of benzene rings is 1. The van der Waals surface area contributed by atoms with Crippen molar-refractivity contribution < 1.29 is 4.79 Å². The number of nitrogens with zero attached hydrogens (tertiary/aromatic N) is 3. The van der Waals surface area contributed by atoms with Crippen molar-refractivity contribution in [2.24, 2.45) is 0 Å². The fourth-order valence-electron chi connectivity index (χ4n) is 2.73. The van der Waals surface area contributed by atoms with Gasteiger partial charge >= 0.3 is 0 Å². The van der Waals surface area contributed by atoms with Gasteiger partial charge in [0, 0.05) is 25.7 Å². The molecule has 1 unspecified atom stereocenters. The fourth-order valence-corrected chi connectivity index (χ4v) is 2.73. The SMILES string of the molecule is CN1CCN(C(=O)c2ccc(=O)[nH]n2)C(c2ccccc2)C1. The highest BCUT2D eigenvalue weighted by Crippen LogP contribution is 2.25. The zero-order chi connectivity index (χ0) is 15.5. The lowest BCUT2D eigenvalue weighted by Gasteiger charge is -2.40. The molecule has 1 aromatic carbocycles. The third kappa shape index (κ3) is 2.92. The maximum atomic E-state index is 12.7. The molecule has 2 aromatic rings. The minimum atomic E-state index is -0.311. The molecule has 0 spiro atoms. The van der Waals surface area contributed by atoms with Crippen LogP contribution >= 0.6 is 0 Å². The summed E-state index contributed by atoms with van der Waals surface area (Å²) >= 11 is 0. The summed E-state index contributed by atoms with van der Waals surface area (Å²) in [6.45, 7) is 2.23. The highest BCUT2D eigenvalue weighted by atomic mass is 16.2. The second kappa shape index (κ2) is 6.11. The van der Waals surface area contributed by atoms with E-state index in [2.05, 4.69) is 22.1 Å². The van der Waals surface area contributed by atoms with Crippen molar-refractivity contribution >= 4 is 5.91 Å². The smallest absolute Gasteiger partial charge is 0.274 e. The Kier molecular flexibility index (Phi) is 4.02. The van der Waals surface area contributed by atoms with Crippen LogP contribution in [0, 0.1) is 0 Å².